The Balaban J connectivity index is 1.23. The van der Waals surface area contributed by atoms with Crippen LogP contribution in [0.15, 0.2) is 90.0 Å². The Morgan fingerprint density at radius 3 is 2.26 bits per heavy atom. The average Bonchev–Trinajstić information content (AvgIpc) is 3.67. The molecule has 4 aromatic rings. The zero-order chi connectivity index (χ0) is 30.2. The molecular weight excluding hydrogens is 563 g/mol. The molecule has 9 heteroatoms. The predicted molar refractivity (Wildman–Crippen MR) is 164 cm³/mol. The number of hydrogen-bond acceptors (Lipinski definition) is 4. The van der Waals surface area contributed by atoms with E-state index < -0.39 is 9.84 Å². The van der Waals surface area contributed by atoms with E-state index in [0.717, 1.165) is 60.3 Å². The van der Waals surface area contributed by atoms with Crippen LogP contribution in [0.3, 0.4) is 0 Å². The molecule has 0 unspecified atom stereocenters. The molecule has 0 saturated carbocycles. The second-order valence-electron chi connectivity index (χ2n) is 12.4. The monoisotopic (exact) mass is 601 g/mol. The molecule has 0 spiro atoms. The fourth-order valence-corrected chi connectivity index (χ4v) is 7.35. The number of amides is 1. The Morgan fingerprint density at radius 1 is 0.930 bits per heavy atom. The summed E-state index contributed by atoms with van der Waals surface area (Å²) in [5.74, 6) is 0.140. The van der Waals surface area contributed by atoms with Gasteiger partial charge in [0.25, 0.3) is 5.91 Å². The van der Waals surface area contributed by atoms with Crippen molar-refractivity contribution in [3.05, 3.63) is 113 Å². The molecule has 3 aromatic carbocycles. The first-order valence-electron chi connectivity index (χ1n) is 14.9. The molecule has 0 N–H and O–H groups in total. The van der Waals surface area contributed by atoms with Gasteiger partial charge in [0.15, 0.2) is 9.84 Å². The van der Waals surface area contributed by atoms with Crippen LogP contribution in [0.4, 0.5) is 4.39 Å². The van der Waals surface area contributed by atoms with Gasteiger partial charge in [-0.25, -0.2) is 17.5 Å². The molecule has 1 aromatic heterocycles. The zero-order valence-corrected chi connectivity index (χ0v) is 25.5. The van der Waals surface area contributed by atoms with Gasteiger partial charge < -0.3 is 9.38 Å². The zero-order valence-electron chi connectivity index (χ0n) is 24.7. The van der Waals surface area contributed by atoms with Crippen LogP contribution in [0.2, 0.25) is 0 Å². The highest BCUT2D eigenvalue weighted by Crippen LogP contribution is 2.36. The number of piperidine rings is 1. The number of halogens is 1. The third kappa shape index (κ3) is 6.28. The van der Waals surface area contributed by atoms with Gasteiger partial charge in [-0.2, -0.15) is 5.10 Å². The Bertz CT molecular complexity index is 1690. The van der Waals surface area contributed by atoms with Crippen molar-refractivity contribution >= 4 is 15.7 Å². The molecule has 2 aliphatic heterocycles. The van der Waals surface area contributed by atoms with E-state index in [1.54, 1.807) is 30.5 Å². The second kappa shape index (κ2) is 11.7. The lowest BCUT2D eigenvalue weighted by molar-refractivity contribution is -0.927. The van der Waals surface area contributed by atoms with Crippen molar-refractivity contribution in [2.45, 2.75) is 42.5 Å². The molecule has 0 bridgehead atoms. The summed E-state index contributed by atoms with van der Waals surface area (Å²) in [6, 6.07) is 23.8. The van der Waals surface area contributed by atoms with Crippen molar-refractivity contribution < 1.29 is 22.1 Å². The number of carbonyl (C=O) groups is 1. The smallest absolute Gasteiger partial charge is 0.257 e. The molecule has 2 fully saturated rings. The van der Waals surface area contributed by atoms with Gasteiger partial charge in [-0.1, -0.05) is 42.5 Å². The summed E-state index contributed by atoms with van der Waals surface area (Å²) >= 11 is 0. The van der Waals surface area contributed by atoms with Crippen molar-refractivity contribution in [1.82, 2.24) is 14.7 Å². The molecule has 0 aliphatic carbocycles. The van der Waals surface area contributed by atoms with Crippen LogP contribution in [0.1, 0.15) is 58.3 Å². The minimum atomic E-state index is -3.23. The van der Waals surface area contributed by atoms with Crippen LogP contribution in [0, 0.1) is 5.82 Å². The van der Waals surface area contributed by atoms with Crippen LogP contribution in [-0.4, -0.2) is 73.0 Å². The molecule has 1 amide bonds. The largest absolute Gasteiger partial charge is 0.338 e. The highest BCUT2D eigenvalue weighted by Gasteiger charge is 2.37. The first-order chi connectivity index (χ1) is 20.6. The molecule has 0 radical (unpaired) electrons. The Morgan fingerprint density at radius 2 is 1.60 bits per heavy atom. The first-order valence-corrected chi connectivity index (χ1v) is 16.8. The predicted octanol–water partition coefficient (Wildman–Crippen LogP) is 5.57. The van der Waals surface area contributed by atoms with Crippen molar-refractivity contribution in [3.8, 4) is 5.69 Å². The summed E-state index contributed by atoms with van der Waals surface area (Å²) in [6.07, 6.45) is 5.60. The van der Waals surface area contributed by atoms with Crippen LogP contribution >= 0.6 is 0 Å². The van der Waals surface area contributed by atoms with E-state index >= 15 is 0 Å². The van der Waals surface area contributed by atoms with Crippen molar-refractivity contribution in [2.75, 3.05) is 39.5 Å². The van der Waals surface area contributed by atoms with Crippen LogP contribution in [-0.2, 0) is 16.4 Å². The van der Waals surface area contributed by atoms with Gasteiger partial charge in [0.05, 0.1) is 48.2 Å². The molecule has 6 rings (SSSR count). The van der Waals surface area contributed by atoms with Crippen LogP contribution in [0.25, 0.3) is 5.69 Å². The molecule has 43 heavy (non-hydrogen) atoms. The fourth-order valence-electron chi connectivity index (χ4n) is 6.72. The summed E-state index contributed by atoms with van der Waals surface area (Å²) in [4.78, 5) is 16.3. The quantitative estimate of drug-likeness (QED) is 0.260. The maximum atomic E-state index is 14.0. The maximum absolute atomic E-state index is 14.0. The standard InChI is InChI=1S/C34H38FN4O3S/c1-39(24-25-8-14-31(15-9-25)43(2,41)42)20-17-27(18-21-39)33-32(22-36-38(33)30-12-10-29(35)11-13-30)34(40)37-19-16-28(23-37)26-6-4-3-5-7-26/h3-15,22,27-28H,16-21,23-24H2,1-2H3/q+1/t27?,28-,39?/m0/s1. The van der Waals surface area contributed by atoms with Crippen molar-refractivity contribution in [3.63, 3.8) is 0 Å². The Hall–Kier alpha value is -3.82. The number of nitrogens with zero attached hydrogens (tertiary/aromatic N) is 4. The normalized spacial score (nSPS) is 22.5. The fraction of sp³-hybridized carbons (Fsp3) is 0.353. The van der Waals surface area contributed by atoms with Crippen LogP contribution < -0.4 is 0 Å². The molecule has 224 valence electrons. The number of quaternary nitrogens is 1. The summed E-state index contributed by atoms with van der Waals surface area (Å²) in [6.45, 7) is 3.99. The first kappa shape index (κ1) is 29.3. The second-order valence-corrected chi connectivity index (χ2v) is 14.4. The van der Waals surface area contributed by atoms with E-state index in [1.807, 2.05) is 39.9 Å². The van der Waals surface area contributed by atoms with Gasteiger partial charge in [-0.05, 0) is 48.4 Å². The molecule has 2 aliphatic rings. The van der Waals surface area contributed by atoms with Gasteiger partial charge >= 0.3 is 0 Å². The Labute approximate surface area is 253 Å². The third-order valence-corrected chi connectivity index (χ3v) is 10.3. The molecule has 1 atom stereocenters. The number of carbonyl (C=O) groups excluding carboxylic acids is 1. The van der Waals surface area contributed by atoms with E-state index in [0.29, 0.717) is 29.5 Å². The van der Waals surface area contributed by atoms with E-state index in [-0.39, 0.29) is 17.6 Å². The minimum absolute atomic E-state index is 0.00980. The molecule has 3 heterocycles. The SMILES string of the molecule is C[N+]1(Cc2ccc(S(C)(=O)=O)cc2)CCC(c2c(C(=O)N3CC[C@H](c4ccccc4)C3)cnn2-c2ccc(F)cc2)CC1. The number of likely N-dealkylation sites (tertiary alicyclic amines) is 2. The van der Waals surface area contributed by atoms with Gasteiger partial charge in [-0.15, -0.1) is 0 Å². The summed E-state index contributed by atoms with van der Waals surface area (Å²) in [7, 11) is -0.996. The van der Waals surface area contributed by atoms with Gasteiger partial charge in [0, 0.05) is 49.6 Å². The third-order valence-electron chi connectivity index (χ3n) is 9.19. The summed E-state index contributed by atoms with van der Waals surface area (Å²) in [5, 5.41) is 4.69. The highest BCUT2D eigenvalue weighted by atomic mass is 32.2. The van der Waals surface area contributed by atoms with Crippen molar-refractivity contribution in [1.29, 1.82) is 0 Å². The van der Waals surface area contributed by atoms with E-state index in [1.165, 1.54) is 24.0 Å². The number of aromatic nitrogens is 2. The summed E-state index contributed by atoms with van der Waals surface area (Å²) < 4.78 is 40.2. The number of rotatable bonds is 7. The van der Waals surface area contributed by atoms with Crippen molar-refractivity contribution in [2.24, 2.45) is 0 Å². The van der Waals surface area contributed by atoms with E-state index in [9.17, 15) is 17.6 Å². The average molecular weight is 602 g/mol. The van der Waals surface area contributed by atoms with Crippen LogP contribution in [0.5, 0.6) is 0 Å². The van der Waals surface area contributed by atoms with Gasteiger partial charge in [-0.3, -0.25) is 4.79 Å². The van der Waals surface area contributed by atoms with E-state index in [2.05, 4.69) is 24.3 Å². The maximum Gasteiger partial charge on any atom is 0.257 e. The van der Waals surface area contributed by atoms with Gasteiger partial charge in [0.1, 0.15) is 12.4 Å². The molecule has 7 nitrogen and oxygen atoms in total. The lowest BCUT2D eigenvalue weighted by atomic mass is 9.89. The topological polar surface area (TPSA) is 72.3 Å². The van der Waals surface area contributed by atoms with Gasteiger partial charge in [0.2, 0.25) is 0 Å². The number of hydrogen-bond donors (Lipinski definition) is 0. The highest BCUT2D eigenvalue weighted by molar-refractivity contribution is 7.90. The van der Waals surface area contributed by atoms with E-state index in [4.69, 9.17) is 0 Å². The number of benzene rings is 3. The lowest BCUT2D eigenvalue weighted by Crippen LogP contribution is -2.48. The lowest BCUT2D eigenvalue weighted by Gasteiger charge is -2.41. The molecular formula is C34H38FN4O3S+. The molecule has 2 saturated heterocycles. The summed E-state index contributed by atoms with van der Waals surface area (Å²) in [5.41, 5.74) is 4.64. The minimum Gasteiger partial charge on any atom is -0.338 e. The Kier molecular flexibility index (Phi) is 7.96. The number of sulfone groups is 1.